The Morgan fingerprint density at radius 1 is 1.38 bits per heavy atom. The van der Waals surface area contributed by atoms with Crippen molar-refractivity contribution in [2.45, 2.75) is 32.2 Å². The smallest absolute Gasteiger partial charge is 0.225 e. The fourth-order valence-electron chi connectivity index (χ4n) is 1.60. The highest BCUT2D eigenvalue weighted by Crippen LogP contribution is 2.18. The first kappa shape index (κ1) is 11.1. The third kappa shape index (κ3) is 3.35. The average molecular weight is 218 g/mol. The Hall–Kier alpha value is -1.35. The van der Waals surface area contributed by atoms with Gasteiger partial charge in [0.1, 0.15) is 0 Å². The zero-order valence-corrected chi connectivity index (χ0v) is 9.62. The molecule has 1 amide bonds. The number of carbonyl (C=O) groups is 1. The molecular formula is C13H18N2O. The summed E-state index contributed by atoms with van der Waals surface area (Å²) in [5.41, 5.74) is 2.02. The van der Waals surface area contributed by atoms with Crippen molar-refractivity contribution in [3.63, 3.8) is 0 Å². The van der Waals surface area contributed by atoms with E-state index in [1.807, 2.05) is 31.2 Å². The Labute approximate surface area is 96.2 Å². The summed E-state index contributed by atoms with van der Waals surface area (Å²) < 4.78 is 0. The minimum Gasteiger partial charge on any atom is -0.326 e. The SMILES string of the molecule is Cc1ccccc1NC(=O)CCNC1CC1. The van der Waals surface area contributed by atoms with E-state index in [0.29, 0.717) is 12.5 Å². The number of amides is 1. The predicted octanol–water partition coefficient (Wildman–Crippen LogP) is 2.08. The minimum atomic E-state index is 0.0856. The summed E-state index contributed by atoms with van der Waals surface area (Å²) in [7, 11) is 0. The first-order valence-electron chi connectivity index (χ1n) is 5.84. The summed E-state index contributed by atoms with van der Waals surface area (Å²) in [6.45, 7) is 2.78. The summed E-state index contributed by atoms with van der Waals surface area (Å²) in [4.78, 5) is 11.6. The molecule has 0 atom stereocenters. The molecule has 3 heteroatoms. The van der Waals surface area contributed by atoms with Crippen LogP contribution in [0.25, 0.3) is 0 Å². The van der Waals surface area contributed by atoms with E-state index in [-0.39, 0.29) is 5.91 Å². The first-order valence-corrected chi connectivity index (χ1v) is 5.84. The van der Waals surface area contributed by atoms with Gasteiger partial charge in [0.25, 0.3) is 0 Å². The van der Waals surface area contributed by atoms with E-state index in [1.165, 1.54) is 12.8 Å². The number of nitrogens with one attached hydrogen (secondary N) is 2. The van der Waals surface area contributed by atoms with E-state index in [2.05, 4.69) is 10.6 Å². The molecule has 0 saturated heterocycles. The van der Waals surface area contributed by atoms with Gasteiger partial charge in [0.15, 0.2) is 0 Å². The van der Waals surface area contributed by atoms with E-state index in [9.17, 15) is 4.79 Å². The van der Waals surface area contributed by atoms with Crippen LogP contribution < -0.4 is 10.6 Å². The number of para-hydroxylation sites is 1. The van der Waals surface area contributed by atoms with Gasteiger partial charge < -0.3 is 10.6 Å². The molecule has 1 aliphatic carbocycles. The zero-order valence-electron chi connectivity index (χ0n) is 9.62. The van der Waals surface area contributed by atoms with Gasteiger partial charge >= 0.3 is 0 Å². The van der Waals surface area contributed by atoms with Gasteiger partial charge in [-0.15, -0.1) is 0 Å². The molecule has 2 N–H and O–H groups in total. The molecule has 1 aliphatic rings. The molecule has 16 heavy (non-hydrogen) atoms. The van der Waals surface area contributed by atoms with Gasteiger partial charge in [-0.25, -0.2) is 0 Å². The Bertz CT molecular complexity index is 372. The van der Waals surface area contributed by atoms with Crippen molar-refractivity contribution in [1.29, 1.82) is 0 Å². The van der Waals surface area contributed by atoms with Gasteiger partial charge in [-0.1, -0.05) is 18.2 Å². The number of anilines is 1. The lowest BCUT2D eigenvalue weighted by atomic mass is 10.2. The van der Waals surface area contributed by atoms with Gasteiger partial charge in [-0.2, -0.15) is 0 Å². The highest BCUT2D eigenvalue weighted by molar-refractivity contribution is 5.91. The maximum Gasteiger partial charge on any atom is 0.225 e. The summed E-state index contributed by atoms with van der Waals surface area (Å²) in [5.74, 6) is 0.0856. The standard InChI is InChI=1S/C13H18N2O/c1-10-4-2-3-5-12(10)15-13(16)8-9-14-11-6-7-11/h2-5,11,14H,6-9H2,1H3,(H,15,16). The zero-order chi connectivity index (χ0) is 11.4. The Kier molecular flexibility index (Phi) is 3.57. The van der Waals surface area contributed by atoms with Crippen LogP contribution in [0.5, 0.6) is 0 Å². The summed E-state index contributed by atoms with van der Waals surface area (Å²) >= 11 is 0. The molecule has 0 aliphatic heterocycles. The third-order valence-corrected chi connectivity index (χ3v) is 2.78. The van der Waals surface area contributed by atoms with E-state index in [4.69, 9.17) is 0 Å². The monoisotopic (exact) mass is 218 g/mol. The Morgan fingerprint density at radius 3 is 2.81 bits per heavy atom. The van der Waals surface area contributed by atoms with Crippen molar-refractivity contribution in [1.82, 2.24) is 5.32 Å². The van der Waals surface area contributed by atoms with E-state index < -0.39 is 0 Å². The van der Waals surface area contributed by atoms with Gasteiger partial charge in [-0.05, 0) is 31.4 Å². The van der Waals surface area contributed by atoms with Crippen LogP contribution in [-0.4, -0.2) is 18.5 Å². The number of benzene rings is 1. The van der Waals surface area contributed by atoms with Crippen molar-refractivity contribution in [3.05, 3.63) is 29.8 Å². The molecular weight excluding hydrogens is 200 g/mol. The van der Waals surface area contributed by atoms with Crippen LogP contribution in [-0.2, 0) is 4.79 Å². The van der Waals surface area contributed by atoms with Gasteiger partial charge in [0, 0.05) is 24.7 Å². The van der Waals surface area contributed by atoms with E-state index in [0.717, 1.165) is 17.8 Å². The molecule has 0 aromatic heterocycles. The van der Waals surface area contributed by atoms with Crippen molar-refractivity contribution in [2.24, 2.45) is 0 Å². The molecule has 86 valence electrons. The van der Waals surface area contributed by atoms with Crippen LogP contribution in [0.15, 0.2) is 24.3 Å². The maximum atomic E-state index is 11.6. The lowest BCUT2D eigenvalue weighted by molar-refractivity contribution is -0.116. The third-order valence-electron chi connectivity index (χ3n) is 2.78. The van der Waals surface area contributed by atoms with Crippen molar-refractivity contribution >= 4 is 11.6 Å². The molecule has 2 rings (SSSR count). The number of hydrogen-bond donors (Lipinski definition) is 2. The van der Waals surface area contributed by atoms with Crippen molar-refractivity contribution < 1.29 is 4.79 Å². The maximum absolute atomic E-state index is 11.6. The normalized spacial score (nSPS) is 14.8. The second-order valence-electron chi connectivity index (χ2n) is 4.34. The van der Waals surface area contributed by atoms with Gasteiger partial charge in [0.2, 0.25) is 5.91 Å². The molecule has 1 saturated carbocycles. The van der Waals surface area contributed by atoms with Crippen LogP contribution >= 0.6 is 0 Å². The molecule has 0 spiro atoms. The second-order valence-corrected chi connectivity index (χ2v) is 4.34. The van der Waals surface area contributed by atoms with Crippen LogP contribution in [0.2, 0.25) is 0 Å². The molecule has 1 aromatic carbocycles. The van der Waals surface area contributed by atoms with Crippen LogP contribution in [0.3, 0.4) is 0 Å². The van der Waals surface area contributed by atoms with E-state index >= 15 is 0 Å². The topological polar surface area (TPSA) is 41.1 Å². The van der Waals surface area contributed by atoms with Crippen LogP contribution in [0.4, 0.5) is 5.69 Å². The summed E-state index contributed by atoms with van der Waals surface area (Å²) in [5, 5.41) is 6.25. The Morgan fingerprint density at radius 2 is 2.12 bits per heavy atom. The number of aryl methyl sites for hydroxylation is 1. The molecule has 0 radical (unpaired) electrons. The predicted molar refractivity (Wildman–Crippen MR) is 65.5 cm³/mol. The van der Waals surface area contributed by atoms with Gasteiger partial charge in [-0.3, -0.25) is 4.79 Å². The molecule has 3 nitrogen and oxygen atoms in total. The highest BCUT2D eigenvalue weighted by atomic mass is 16.1. The van der Waals surface area contributed by atoms with Crippen LogP contribution in [0, 0.1) is 6.92 Å². The second kappa shape index (κ2) is 5.12. The minimum absolute atomic E-state index is 0.0856. The van der Waals surface area contributed by atoms with Crippen molar-refractivity contribution in [3.8, 4) is 0 Å². The lowest BCUT2D eigenvalue weighted by Gasteiger charge is -2.08. The fraction of sp³-hybridized carbons (Fsp3) is 0.462. The molecule has 1 aromatic rings. The number of hydrogen-bond acceptors (Lipinski definition) is 2. The molecule has 0 bridgehead atoms. The number of carbonyl (C=O) groups excluding carboxylic acids is 1. The quantitative estimate of drug-likeness (QED) is 0.794. The summed E-state index contributed by atoms with van der Waals surface area (Å²) in [6, 6.07) is 8.51. The first-order chi connectivity index (χ1) is 7.75. The number of rotatable bonds is 5. The highest BCUT2D eigenvalue weighted by Gasteiger charge is 2.20. The molecule has 1 fully saturated rings. The van der Waals surface area contributed by atoms with Crippen molar-refractivity contribution in [2.75, 3.05) is 11.9 Å². The average Bonchev–Trinajstić information content (AvgIpc) is 3.05. The largest absolute Gasteiger partial charge is 0.326 e. The van der Waals surface area contributed by atoms with Crippen LogP contribution in [0.1, 0.15) is 24.8 Å². The fourth-order valence-corrected chi connectivity index (χ4v) is 1.60. The lowest BCUT2D eigenvalue weighted by Crippen LogP contribution is -2.23. The molecule has 0 unspecified atom stereocenters. The van der Waals surface area contributed by atoms with Gasteiger partial charge in [0.05, 0.1) is 0 Å². The molecule has 0 heterocycles. The Balaban J connectivity index is 1.75. The van der Waals surface area contributed by atoms with E-state index in [1.54, 1.807) is 0 Å². The summed E-state index contributed by atoms with van der Waals surface area (Å²) in [6.07, 6.45) is 3.07.